The van der Waals surface area contributed by atoms with Crippen LogP contribution < -0.4 is 10.6 Å². The minimum Gasteiger partial charge on any atom is -0.356 e. The summed E-state index contributed by atoms with van der Waals surface area (Å²) in [5.74, 6) is 0.669. The van der Waals surface area contributed by atoms with E-state index >= 15 is 0 Å². The molecule has 0 saturated heterocycles. The first kappa shape index (κ1) is 16.2. The molecule has 0 radical (unpaired) electrons. The molecule has 0 aliphatic carbocycles. The summed E-state index contributed by atoms with van der Waals surface area (Å²) >= 11 is 5.82. The first-order valence-corrected chi connectivity index (χ1v) is 7.64. The van der Waals surface area contributed by atoms with Crippen LogP contribution in [0.15, 0.2) is 42.7 Å². The van der Waals surface area contributed by atoms with E-state index in [9.17, 15) is 4.79 Å². The van der Waals surface area contributed by atoms with Crippen molar-refractivity contribution in [3.05, 3.63) is 53.3 Å². The zero-order valence-electron chi connectivity index (χ0n) is 12.3. The zero-order valence-corrected chi connectivity index (χ0v) is 13.0. The Kier molecular flexibility index (Phi) is 6.64. The Morgan fingerprint density at radius 3 is 2.55 bits per heavy atom. The van der Waals surface area contributed by atoms with E-state index in [0.717, 1.165) is 24.9 Å². The second-order valence-corrected chi connectivity index (χ2v) is 5.27. The van der Waals surface area contributed by atoms with E-state index < -0.39 is 0 Å². The number of carbonyl (C=O) groups is 1. The molecule has 0 saturated carbocycles. The summed E-state index contributed by atoms with van der Waals surface area (Å²) in [6.07, 6.45) is 5.41. The van der Waals surface area contributed by atoms with Crippen LogP contribution in [0.1, 0.15) is 18.4 Å². The Labute approximate surface area is 135 Å². The highest BCUT2D eigenvalue weighted by molar-refractivity contribution is 6.30. The summed E-state index contributed by atoms with van der Waals surface area (Å²) < 4.78 is 0. The van der Waals surface area contributed by atoms with Crippen molar-refractivity contribution in [2.45, 2.75) is 19.3 Å². The van der Waals surface area contributed by atoms with Crippen LogP contribution in [0.2, 0.25) is 5.02 Å². The first-order valence-electron chi connectivity index (χ1n) is 7.26. The molecular weight excluding hydrogens is 300 g/mol. The number of aromatic nitrogens is 2. The predicted molar refractivity (Wildman–Crippen MR) is 87.9 cm³/mol. The number of nitrogens with one attached hydrogen (secondary N) is 2. The second-order valence-electron chi connectivity index (χ2n) is 4.83. The molecule has 0 fully saturated rings. The average molecular weight is 319 g/mol. The fourth-order valence-corrected chi connectivity index (χ4v) is 2.03. The molecule has 6 heteroatoms. The van der Waals surface area contributed by atoms with Crippen molar-refractivity contribution >= 4 is 23.5 Å². The van der Waals surface area contributed by atoms with Crippen molar-refractivity contribution in [3.63, 3.8) is 0 Å². The average Bonchev–Trinajstić information content (AvgIpc) is 2.55. The Hall–Kier alpha value is -2.14. The highest BCUT2D eigenvalue weighted by atomic mass is 35.5. The number of carbonyl (C=O) groups excluding carboxylic acids is 1. The Bertz CT molecular complexity index is 574. The van der Waals surface area contributed by atoms with E-state index in [-0.39, 0.29) is 5.91 Å². The van der Waals surface area contributed by atoms with Gasteiger partial charge in [-0.1, -0.05) is 23.7 Å². The highest BCUT2D eigenvalue weighted by Crippen LogP contribution is 2.10. The predicted octanol–water partition coefficient (Wildman–Crippen LogP) is 2.68. The third kappa shape index (κ3) is 6.10. The maximum absolute atomic E-state index is 11.7. The molecular formula is C16H19ClN4O. The van der Waals surface area contributed by atoms with Crippen molar-refractivity contribution in [2.75, 3.05) is 18.4 Å². The number of hydrogen-bond donors (Lipinski definition) is 2. The standard InChI is InChI=1S/C16H19ClN4O/c17-14-6-3-13(4-7-14)5-8-15(22)18-9-1-10-19-16-20-11-2-12-21-16/h2-4,6-7,11-12H,1,5,8-10H2,(H,18,22)(H,19,20,21). The third-order valence-electron chi connectivity index (χ3n) is 3.08. The molecule has 0 aliphatic heterocycles. The maximum Gasteiger partial charge on any atom is 0.222 e. The molecule has 0 aliphatic rings. The molecule has 5 nitrogen and oxygen atoms in total. The van der Waals surface area contributed by atoms with Gasteiger partial charge in [-0.05, 0) is 36.6 Å². The second kappa shape index (κ2) is 9.00. The molecule has 2 N–H and O–H groups in total. The summed E-state index contributed by atoms with van der Waals surface area (Å²) in [7, 11) is 0. The van der Waals surface area contributed by atoms with Crippen molar-refractivity contribution in [1.29, 1.82) is 0 Å². The number of amides is 1. The topological polar surface area (TPSA) is 66.9 Å². The van der Waals surface area contributed by atoms with E-state index in [0.29, 0.717) is 23.9 Å². The molecule has 1 aromatic carbocycles. The monoisotopic (exact) mass is 318 g/mol. The molecule has 2 rings (SSSR count). The van der Waals surface area contributed by atoms with E-state index in [4.69, 9.17) is 11.6 Å². The van der Waals surface area contributed by atoms with E-state index in [2.05, 4.69) is 20.6 Å². The van der Waals surface area contributed by atoms with Crippen LogP contribution in [0.4, 0.5) is 5.95 Å². The van der Waals surface area contributed by atoms with Crippen molar-refractivity contribution in [3.8, 4) is 0 Å². The summed E-state index contributed by atoms with van der Waals surface area (Å²) in [6, 6.07) is 9.34. The zero-order chi connectivity index (χ0) is 15.6. The number of halogens is 1. The van der Waals surface area contributed by atoms with Gasteiger partial charge in [-0.25, -0.2) is 9.97 Å². The van der Waals surface area contributed by atoms with Gasteiger partial charge >= 0.3 is 0 Å². The Morgan fingerprint density at radius 2 is 1.82 bits per heavy atom. The van der Waals surface area contributed by atoms with Crippen LogP contribution in [0, 0.1) is 0 Å². The number of aryl methyl sites for hydroxylation is 1. The van der Waals surface area contributed by atoms with Gasteiger partial charge in [-0.3, -0.25) is 4.79 Å². The van der Waals surface area contributed by atoms with Gasteiger partial charge in [0.15, 0.2) is 0 Å². The third-order valence-corrected chi connectivity index (χ3v) is 3.33. The van der Waals surface area contributed by atoms with Crippen LogP contribution in [0.3, 0.4) is 0 Å². The van der Waals surface area contributed by atoms with Gasteiger partial charge in [-0.15, -0.1) is 0 Å². The fraction of sp³-hybridized carbons (Fsp3) is 0.312. The normalized spacial score (nSPS) is 10.2. The first-order chi connectivity index (χ1) is 10.7. The molecule has 0 spiro atoms. The number of benzene rings is 1. The molecule has 22 heavy (non-hydrogen) atoms. The summed E-state index contributed by atoms with van der Waals surface area (Å²) in [5.41, 5.74) is 1.11. The summed E-state index contributed by atoms with van der Waals surface area (Å²) in [5, 5.41) is 6.71. The van der Waals surface area contributed by atoms with Crippen LogP contribution >= 0.6 is 11.6 Å². The molecule has 0 atom stereocenters. The van der Waals surface area contributed by atoms with Crippen LogP contribution in [0.5, 0.6) is 0 Å². The van der Waals surface area contributed by atoms with Gasteiger partial charge in [0.25, 0.3) is 0 Å². The number of hydrogen-bond acceptors (Lipinski definition) is 4. The Morgan fingerprint density at radius 1 is 1.09 bits per heavy atom. The number of nitrogens with zero attached hydrogens (tertiary/aromatic N) is 2. The lowest BCUT2D eigenvalue weighted by Crippen LogP contribution is -2.26. The molecule has 1 aromatic heterocycles. The number of rotatable bonds is 8. The van der Waals surface area contributed by atoms with E-state index in [1.54, 1.807) is 18.5 Å². The van der Waals surface area contributed by atoms with Gasteiger partial charge in [0, 0.05) is 36.9 Å². The van der Waals surface area contributed by atoms with Gasteiger partial charge in [0.2, 0.25) is 11.9 Å². The summed E-state index contributed by atoms with van der Waals surface area (Å²) in [6.45, 7) is 1.36. The maximum atomic E-state index is 11.7. The number of anilines is 1. The molecule has 116 valence electrons. The lowest BCUT2D eigenvalue weighted by molar-refractivity contribution is -0.121. The van der Waals surface area contributed by atoms with Crippen LogP contribution in [-0.4, -0.2) is 29.0 Å². The van der Waals surface area contributed by atoms with Crippen LogP contribution in [-0.2, 0) is 11.2 Å². The molecule has 1 heterocycles. The van der Waals surface area contributed by atoms with Crippen LogP contribution in [0.25, 0.3) is 0 Å². The minimum absolute atomic E-state index is 0.0610. The van der Waals surface area contributed by atoms with E-state index in [1.807, 2.05) is 24.3 Å². The van der Waals surface area contributed by atoms with Crippen molar-refractivity contribution in [1.82, 2.24) is 15.3 Å². The molecule has 2 aromatic rings. The van der Waals surface area contributed by atoms with Crippen molar-refractivity contribution in [2.24, 2.45) is 0 Å². The van der Waals surface area contributed by atoms with E-state index in [1.165, 1.54) is 0 Å². The lowest BCUT2D eigenvalue weighted by Gasteiger charge is -2.06. The summed E-state index contributed by atoms with van der Waals surface area (Å²) in [4.78, 5) is 19.9. The van der Waals surface area contributed by atoms with Gasteiger partial charge in [0.1, 0.15) is 0 Å². The quantitative estimate of drug-likeness (QED) is 0.734. The van der Waals surface area contributed by atoms with Gasteiger partial charge < -0.3 is 10.6 Å². The fourth-order valence-electron chi connectivity index (χ4n) is 1.90. The Balaban J connectivity index is 1.55. The van der Waals surface area contributed by atoms with Crippen molar-refractivity contribution < 1.29 is 4.79 Å². The largest absolute Gasteiger partial charge is 0.356 e. The molecule has 1 amide bonds. The molecule has 0 bridgehead atoms. The lowest BCUT2D eigenvalue weighted by atomic mass is 10.1. The smallest absolute Gasteiger partial charge is 0.222 e. The SMILES string of the molecule is O=C(CCc1ccc(Cl)cc1)NCCCNc1ncccn1. The highest BCUT2D eigenvalue weighted by Gasteiger charge is 2.02. The molecule has 0 unspecified atom stereocenters. The van der Waals surface area contributed by atoms with Gasteiger partial charge in [0.05, 0.1) is 0 Å². The van der Waals surface area contributed by atoms with Gasteiger partial charge in [-0.2, -0.15) is 0 Å². The minimum atomic E-state index is 0.0610.